The summed E-state index contributed by atoms with van der Waals surface area (Å²) in [4.78, 5) is 6.03. The van der Waals surface area contributed by atoms with Crippen LogP contribution in [0.3, 0.4) is 0 Å². The topological polar surface area (TPSA) is 45.0 Å². The molecule has 0 bridgehead atoms. The molecule has 1 aromatic heterocycles. The van der Waals surface area contributed by atoms with Gasteiger partial charge in [0, 0.05) is 34.3 Å². The van der Waals surface area contributed by atoms with Crippen LogP contribution < -0.4 is 10.6 Å². The molecule has 3 N–H and O–H groups in total. The molecule has 0 aliphatic rings. The highest BCUT2D eigenvalue weighted by Gasteiger charge is 2.15. The third-order valence-electron chi connectivity index (χ3n) is 5.06. The minimum atomic E-state index is 0.750. The molecule has 0 saturated carbocycles. The maximum Gasteiger partial charge on any atom is 0.0606 e. The summed E-state index contributed by atoms with van der Waals surface area (Å²) in [5.41, 5.74) is 12.0. The second-order valence-electron chi connectivity index (χ2n) is 6.61. The van der Waals surface area contributed by atoms with E-state index in [1.807, 2.05) is 0 Å². The number of hydrogen-bond donors (Lipinski definition) is 2. The van der Waals surface area contributed by atoms with Gasteiger partial charge >= 0.3 is 0 Å². The first-order chi connectivity index (χ1) is 12.7. The Kier molecular flexibility index (Phi) is 6.38. The lowest BCUT2D eigenvalue weighted by atomic mass is 10.00. The lowest BCUT2D eigenvalue weighted by Crippen LogP contribution is -2.21. The molecule has 3 aromatic rings. The monoisotopic (exact) mass is 413 g/mol. The van der Waals surface area contributed by atoms with Crippen LogP contribution in [0.15, 0.2) is 46.9 Å². The number of aromatic nitrogens is 1. The molecule has 0 saturated heterocycles. The highest BCUT2D eigenvalue weighted by Crippen LogP contribution is 2.35. The first kappa shape index (κ1) is 19.0. The van der Waals surface area contributed by atoms with Crippen molar-refractivity contribution in [2.45, 2.75) is 33.1 Å². The molecule has 0 atom stereocenters. The van der Waals surface area contributed by atoms with Gasteiger partial charge in [0.15, 0.2) is 0 Å². The first-order valence-corrected chi connectivity index (χ1v) is 10.3. The van der Waals surface area contributed by atoms with E-state index in [4.69, 9.17) is 5.73 Å². The second kappa shape index (κ2) is 8.74. The summed E-state index contributed by atoms with van der Waals surface area (Å²) in [6, 6.07) is 15.3. The van der Waals surface area contributed by atoms with Crippen molar-refractivity contribution < 1.29 is 0 Å². The molecular formula is C22H28BrN3. The molecule has 3 nitrogen and oxygen atoms in total. The number of nitrogens with one attached hydrogen (secondary N) is 1. The van der Waals surface area contributed by atoms with Gasteiger partial charge in [0.05, 0.1) is 5.52 Å². The summed E-state index contributed by atoms with van der Waals surface area (Å²) >= 11 is 3.69. The lowest BCUT2D eigenvalue weighted by Gasteiger charge is -2.21. The molecule has 0 unspecified atom stereocenters. The summed E-state index contributed by atoms with van der Waals surface area (Å²) in [6.07, 6.45) is 3.21. The smallest absolute Gasteiger partial charge is 0.0606 e. The van der Waals surface area contributed by atoms with Gasteiger partial charge in [0.2, 0.25) is 0 Å². The summed E-state index contributed by atoms with van der Waals surface area (Å²) in [7, 11) is 0. The van der Waals surface area contributed by atoms with E-state index in [0.717, 1.165) is 43.4 Å². The average molecular weight is 414 g/mol. The molecule has 3 rings (SSSR count). The van der Waals surface area contributed by atoms with Gasteiger partial charge < -0.3 is 15.6 Å². The van der Waals surface area contributed by atoms with Crippen LogP contribution in [-0.4, -0.2) is 24.6 Å². The largest absolute Gasteiger partial charge is 0.372 e. The third kappa shape index (κ3) is 3.81. The zero-order valence-corrected chi connectivity index (χ0v) is 17.3. The number of hydrogen-bond acceptors (Lipinski definition) is 2. The van der Waals surface area contributed by atoms with Crippen LogP contribution in [0.25, 0.3) is 22.2 Å². The Morgan fingerprint density at radius 3 is 2.38 bits per heavy atom. The number of benzene rings is 2. The van der Waals surface area contributed by atoms with E-state index < -0.39 is 0 Å². The number of fused-ring (bicyclic) bond motifs is 1. The van der Waals surface area contributed by atoms with Gasteiger partial charge in [-0.05, 0) is 84.9 Å². The van der Waals surface area contributed by atoms with Crippen molar-refractivity contribution in [3.63, 3.8) is 0 Å². The van der Waals surface area contributed by atoms with Crippen molar-refractivity contribution in [3.8, 4) is 11.3 Å². The van der Waals surface area contributed by atoms with E-state index >= 15 is 0 Å². The van der Waals surface area contributed by atoms with Crippen LogP contribution in [0.4, 0.5) is 5.69 Å². The van der Waals surface area contributed by atoms with E-state index in [1.54, 1.807) is 0 Å². The zero-order chi connectivity index (χ0) is 18.5. The number of rotatable bonds is 8. The van der Waals surface area contributed by atoms with Crippen molar-refractivity contribution in [1.29, 1.82) is 0 Å². The second-order valence-corrected chi connectivity index (χ2v) is 7.46. The zero-order valence-electron chi connectivity index (χ0n) is 15.7. The number of H-pyrrole nitrogens is 1. The Balaban J connectivity index is 2.03. The standard InChI is InChI=1S/C22H28BrN3/c1-3-26(4-2)17-13-11-16(12-14-17)21-18(8-5-6-15-24)19-9-7-10-20(23)22(19)25-21/h7,9-14,25H,3-6,8,15,24H2,1-2H3. The predicted octanol–water partition coefficient (Wildman–Crippen LogP) is 5.73. The molecule has 0 spiro atoms. The average Bonchev–Trinajstić information content (AvgIpc) is 3.04. The maximum absolute atomic E-state index is 5.71. The highest BCUT2D eigenvalue weighted by atomic mass is 79.9. The minimum Gasteiger partial charge on any atom is -0.372 e. The van der Waals surface area contributed by atoms with E-state index in [-0.39, 0.29) is 0 Å². The molecule has 0 fully saturated rings. The van der Waals surface area contributed by atoms with Gasteiger partial charge in [-0.3, -0.25) is 0 Å². The fraction of sp³-hybridized carbons (Fsp3) is 0.364. The summed E-state index contributed by atoms with van der Waals surface area (Å²) < 4.78 is 1.11. The van der Waals surface area contributed by atoms with Crippen LogP contribution in [0.5, 0.6) is 0 Å². The summed E-state index contributed by atoms with van der Waals surface area (Å²) in [5, 5.41) is 1.30. The van der Waals surface area contributed by atoms with Crippen LogP contribution >= 0.6 is 15.9 Å². The molecule has 0 radical (unpaired) electrons. The van der Waals surface area contributed by atoms with Crippen molar-refractivity contribution in [1.82, 2.24) is 4.98 Å². The van der Waals surface area contributed by atoms with Gasteiger partial charge in [-0.15, -0.1) is 0 Å². The fourth-order valence-electron chi connectivity index (χ4n) is 3.62. The van der Waals surface area contributed by atoms with Crippen LogP contribution in [0.1, 0.15) is 32.3 Å². The SMILES string of the molecule is CCN(CC)c1ccc(-c2[nH]c3c(Br)cccc3c2CCCCN)cc1. The number of nitrogens with two attached hydrogens (primary N) is 1. The van der Waals surface area contributed by atoms with Gasteiger partial charge in [-0.2, -0.15) is 0 Å². The van der Waals surface area contributed by atoms with Crippen LogP contribution in [0, 0.1) is 0 Å². The van der Waals surface area contributed by atoms with Crippen molar-refractivity contribution >= 4 is 32.5 Å². The van der Waals surface area contributed by atoms with Crippen LogP contribution in [0.2, 0.25) is 0 Å². The van der Waals surface area contributed by atoms with E-state index in [9.17, 15) is 0 Å². The van der Waals surface area contributed by atoms with Crippen molar-refractivity contribution in [2.24, 2.45) is 5.73 Å². The van der Waals surface area contributed by atoms with E-state index in [2.05, 4.69) is 82.1 Å². The van der Waals surface area contributed by atoms with Crippen LogP contribution in [-0.2, 0) is 6.42 Å². The fourth-order valence-corrected chi connectivity index (χ4v) is 4.08. The Morgan fingerprint density at radius 1 is 1.00 bits per heavy atom. The van der Waals surface area contributed by atoms with Gasteiger partial charge in [0.25, 0.3) is 0 Å². The molecule has 0 aliphatic carbocycles. The Labute approximate surface area is 164 Å². The van der Waals surface area contributed by atoms with Gasteiger partial charge in [-0.1, -0.05) is 24.3 Å². The quantitative estimate of drug-likeness (QED) is 0.463. The molecule has 2 aromatic carbocycles. The van der Waals surface area contributed by atoms with Crippen molar-refractivity contribution in [2.75, 3.05) is 24.5 Å². The number of halogens is 1. The molecule has 4 heteroatoms. The molecule has 26 heavy (non-hydrogen) atoms. The number of aryl methyl sites for hydroxylation is 1. The van der Waals surface area contributed by atoms with E-state index in [0.29, 0.717) is 0 Å². The highest BCUT2D eigenvalue weighted by molar-refractivity contribution is 9.10. The summed E-state index contributed by atoms with van der Waals surface area (Å²) in [6.45, 7) is 7.20. The normalized spacial score (nSPS) is 11.2. The predicted molar refractivity (Wildman–Crippen MR) is 117 cm³/mol. The maximum atomic E-state index is 5.71. The third-order valence-corrected chi connectivity index (χ3v) is 5.72. The molecule has 1 heterocycles. The number of anilines is 1. The number of nitrogens with zero attached hydrogens (tertiary/aromatic N) is 1. The minimum absolute atomic E-state index is 0.750. The summed E-state index contributed by atoms with van der Waals surface area (Å²) in [5.74, 6) is 0. The Bertz CT molecular complexity index is 848. The Morgan fingerprint density at radius 2 is 1.73 bits per heavy atom. The van der Waals surface area contributed by atoms with Gasteiger partial charge in [0.1, 0.15) is 0 Å². The first-order valence-electron chi connectivity index (χ1n) is 9.54. The van der Waals surface area contributed by atoms with Crippen molar-refractivity contribution in [3.05, 3.63) is 52.5 Å². The molecule has 138 valence electrons. The lowest BCUT2D eigenvalue weighted by molar-refractivity contribution is 0.748. The number of para-hydroxylation sites is 1. The molecule has 0 aliphatic heterocycles. The van der Waals surface area contributed by atoms with E-state index in [1.165, 1.54) is 33.4 Å². The molecular weight excluding hydrogens is 386 g/mol. The molecule has 0 amide bonds. The van der Waals surface area contributed by atoms with Gasteiger partial charge in [-0.25, -0.2) is 0 Å². The number of aromatic amines is 1. The number of unbranched alkanes of at least 4 members (excludes halogenated alkanes) is 1. The Hall–Kier alpha value is -1.78.